The maximum absolute atomic E-state index is 11.7. The summed E-state index contributed by atoms with van der Waals surface area (Å²) in [5, 5.41) is 3.99. The van der Waals surface area contributed by atoms with Crippen LogP contribution >= 0.6 is 15.9 Å². The molecule has 112 valence electrons. The molecule has 1 N–H and O–H groups in total. The van der Waals surface area contributed by atoms with Crippen LogP contribution in [0.15, 0.2) is 41.5 Å². The Balaban J connectivity index is 1.77. The van der Waals surface area contributed by atoms with Crippen molar-refractivity contribution in [2.45, 2.75) is 0 Å². The van der Waals surface area contributed by atoms with Gasteiger partial charge in [0.05, 0.1) is 19.8 Å². The zero-order chi connectivity index (χ0) is 14.9. The molecule has 1 saturated heterocycles. The lowest BCUT2D eigenvalue weighted by molar-refractivity contribution is -0.123. The maximum Gasteiger partial charge on any atom is 0.254 e. The first-order chi connectivity index (χ1) is 10.2. The number of carbonyl (C=O) groups is 1. The summed E-state index contributed by atoms with van der Waals surface area (Å²) in [5.74, 6) is -0.123. The minimum Gasteiger partial charge on any atom is -0.379 e. The van der Waals surface area contributed by atoms with Crippen molar-refractivity contribution in [2.75, 3.05) is 32.8 Å². The number of morpholine rings is 1. The van der Waals surface area contributed by atoms with Crippen LogP contribution in [0, 0.1) is 0 Å². The van der Waals surface area contributed by atoms with Gasteiger partial charge in [0.2, 0.25) is 0 Å². The molecule has 0 unspecified atom stereocenters. The average Bonchev–Trinajstić information content (AvgIpc) is 2.53. The molecule has 0 aliphatic carbocycles. The molecule has 1 amide bonds. The SMILES string of the molecule is O=C(CN1CCOCC1)NN=C(Br)C=Cc1ccccc1. The fraction of sp³-hybridized carbons (Fsp3) is 0.333. The molecule has 2 rings (SSSR count). The zero-order valence-corrected chi connectivity index (χ0v) is 13.3. The first-order valence-corrected chi connectivity index (χ1v) is 7.58. The number of rotatable bonds is 5. The second-order valence-electron chi connectivity index (χ2n) is 4.60. The quantitative estimate of drug-likeness (QED) is 0.650. The van der Waals surface area contributed by atoms with Gasteiger partial charge < -0.3 is 4.74 Å². The number of ether oxygens (including phenoxy) is 1. The second-order valence-corrected chi connectivity index (χ2v) is 5.41. The highest BCUT2D eigenvalue weighted by atomic mass is 79.9. The van der Waals surface area contributed by atoms with Crippen molar-refractivity contribution in [3.63, 3.8) is 0 Å². The molecule has 0 bridgehead atoms. The Morgan fingerprint density at radius 1 is 1.33 bits per heavy atom. The van der Waals surface area contributed by atoms with E-state index in [9.17, 15) is 4.79 Å². The molecule has 21 heavy (non-hydrogen) atoms. The first-order valence-electron chi connectivity index (χ1n) is 6.79. The number of amides is 1. The van der Waals surface area contributed by atoms with Gasteiger partial charge in [-0.3, -0.25) is 9.69 Å². The van der Waals surface area contributed by atoms with E-state index >= 15 is 0 Å². The molecule has 1 fully saturated rings. The number of nitrogens with zero attached hydrogens (tertiary/aromatic N) is 2. The predicted molar refractivity (Wildman–Crippen MR) is 87.2 cm³/mol. The Hall–Kier alpha value is -1.50. The lowest BCUT2D eigenvalue weighted by Gasteiger charge is -2.25. The van der Waals surface area contributed by atoms with Gasteiger partial charge >= 0.3 is 0 Å². The number of carbonyl (C=O) groups excluding carboxylic acids is 1. The third-order valence-corrected chi connectivity index (χ3v) is 3.41. The molecule has 6 heteroatoms. The van der Waals surface area contributed by atoms with Gasteiger partial charge in [0, 0.05) is 13.1 Å². The van der Waals surface area contributed by atoms with Crippen molar-refractivity contribution in [3.8, 4) is 0 Å². The van der Waals surface area contributed by atoms with Crippen LogP contribution in [-0.2, 0) is 9.53 Å². The van der Waals surface area contributed by atoms with Crippen molar-refractivity contribution >= 4 is 32.5 Å². The van der Waals surface area contributed by atoms with Crippen LogP contribution < -0.4 is 5.43 Å². The number of halogens is 1. The van der Waals surface area contributed by atoms with Crippen molar-refractivity contribution in [1.29, 1.82) is 0 Å². The van der Waals surface area contributed by atoms with Gasteiger partial charge in [0.15, 0.2) is 0 Å². The van der Waals surface area contributed by atoms with Crippen LogP contribution in [-0.4, -0.2) is 48.3 Å². The fourth-order valence-corrected chi connectivity index (χ4v) is 2.10. The Morgan fingerprint density at radius 3 is 2.76 bits per heavy atom. The Kier molecular flexibility index (Phi) is 6.59. The third-order valence-electron chi connectivity index (χ3n) is 2.97. The maximum atomic E-state index is 11.7. The van der Waals surface area contributed by atoms with Crippen LogP contribution in [0.5, 0.6) is 0 Å². The Morgan fingerprint density at radius 2 is 2.05 bits per heavy atom. The number of hydrazone groups is 1. The first kappa shape index (κ1) is 15.9. The van der Waals surface area contributed by atoms with Gasteiger partial charge in [-0.15, -0.1) is 0 Å². The monoisotopic (exact) mass is 351 g/mol. The van der Waals surface area contributed by atoms with E-state index in [1.165, 1.54) is 0 Å². The molecule has 0 aromatic heterocycles. The van der Waals surface area contributed by atoms with Crippen LogP contribution in [0.25, 0.3) is 6.08 Å². The largest absolute Gasteiger partial charge is 0.379 e. The molecular formula is C15H18BrN3O2. The smallest absolute Gasteiger partial charge is 0.254 e. The van der Waals surface area contributed by atoms with E-state index in [-0.39, 0.29) is 5.91 Å². The van der Waals surface area contributed by atoms with Crippen LogP contribution in [0.4, 0.5) is 0 Å². The zero-order valence-electron chi connectivity index (χ0n) is 11.7. The molecule has 5 nitrogen and oxygen atoms in total. The number of allylic oxidation sites excluding steroid dienone is 1. The normalized spacial score (nSPS) is 17.1. The Bertz CT molecular complexity index is 511. The summed E-state index contributed by atoms with van der Waals surface area (Å²) in [6.45, 7) is 3.27. The second kappa shape index (κ2) is 8.71. The highest BCUT2D eigenvalue weighted by molar-refractivity contribution is 9.18. The van der Waals surface area contributed by atoms with E-state index in [4.69, 9.17) is 4.74 Å². The van der Waals surface area contributed by atoms with E-state index in [0.717, 1.165) is 18.7 Å². The summed E-state index contributed by atoms with van der Waals surface area (Å²) >= 11 is 3.30. The molecule has 1 aromatic carbocycles. The van der Waals surface area contributed by atoms with Crippen molar-refractivity contribution < 1.29 is 9.53 Å². The molecule has 0 spiro atoms. The molecule has 1 aliphatic rings. The van der Waals surface area contributed by atoms with E-state index in [1.54, 1.807) is 6.08 Å². The van der Waals surface area contributed by atoms with Crippen LogP contribution in [0.1, 0.15) is 5.56 Å². The van der Waals surface area contributed by atoms with E-state index in [2.05, 4.69) is 26.5 Å². The average molecular weight is 352 g/mol. The highest BCUT2D eigenvalue weighted by Crippen LogP contribution is 2.03. The minimum absolute atomic E-state index is 0.123. The van der Waals surface area contributed by atoms with E-state index in [1.807, 2.05) is 41.3 Å². The number of benzene rings is 1. The minimum atomic E-state index is -0.123. The summed E-state index contributed by atoms with van der Waals surface area (Å²) < 4.78 is 5.81. The van der Waals surface area contributed by atoms with Gasteiger partial charge in [-0.25, -0.2) is 5.43 Å². The Labute approximate surface area is 132 Å². The fourth-order valence-electron chi connectivity index (χ4n) is 1.88. The van der Waals surface area contributed by atoms with Gasteiger partial charge in [-0.2, -0.15) is 5.10 Å². The molecule has 1 heterocycles. The molecule has 0 saturated carbocycles. The molecular weight excluding hydrogens is 334 g/mol. The van der Waals surface area contributed by atoms with Crippen LogP contribution in [0.3, 0.4) is 0 Å². The molecule has 0 radical (unpaired) electrons. The summed E-state index contributed by atoms with van der Waals surface area (Å²) in [6, 6.07) is 9.89. The van der Waals surface area contributed by atoms with Gasteiger partial charge in [0.1, 0.15) is 4.62 Å². The lowest BCUT2D eigenvalue weighted by Crippen LogP contribution is -2.42. The molecule has 1 aromatic rings. The number of hydrogen-bond donors (Lipinski definition) is 1. The molecule has 1 aliphatic heterocycles. The van der Waals surface area contributed by atoms with Gasteiger partial charge in [0.25, 0.3) is 5.91 Å². The van der Waals surface area contributed by atoms with Gasteiger partial charge in [-0.1, -0.05) is 36.4 Å². The number of nitrogens with one attached hydrogen (secondary N) is 1. The lowest BCUT2D eigenvalue weighted by atomic mass is 10.2. The van der Waals surface area contributed by atoms with Crippen LogP contribution in [0.2, 0.25) is 0 Å². The highest BCUT2D eigenvalue weighted by Gasteiger charge is 2.13. The summed E-state index contributed by atoms with van der Waals surface area (Å²) in [5.41, 5.74) is 3.61. The van der Waals surface area contributed by atoms with Crippen molar-refractivity contribution in [3.05, 3.63) is 42.0 Å². The van der Waals surface area contributed by atoms with E-state index < -0.39 is 0 Å². The van der Waals surface area contributed by atoms with Crippen molar-refractivity contribution in [2.24, 2.45) is 5.10 Å². The standard InChI is InChI=1S/C15H18BrN3O2/c16-14(7-6-13-4-2-1-3-5-13)17-18-15(20)12-19-8-10-21-11-9-19/h1-7H,8-12H2,(H,18,20). The summed E-state index contributed by atoms with van der Waals surface area (Å²) in [6.07, 6.45) is 3.71. The molecule has 0 atom stereocenters. The predicted octanol–water partition coefficient (Wildman–Crippen LogP) is 1.86. The summed E-state index contributed by atoms with van der Waals surface area (Å²) in [7, 11) is 0. The third kappa shape index (κ3) is 6.20. The van der Waals surface area contributed by atoms with Crippen molar-refractivity contribution in [1.82, 2.24) is 10.3 Å². The summed E-state index contributed by atoms with van der Waals surface area (Å²) in [4.78, 5) is 13.8. The van der Waals surface area contributed by atoms with Gasteiger partial charge in [-0.05, 0) is 27.6 Å². The topological polar surface area (TPSA) is 53.9 Å². The van der Waals surface area contributed by atoms with E-state index in [0.29, 0.717) is 24.4 Å². The number of hydrogen-bond acceptors (Lipinski definition) is 4.